The van der Waals surface area contributed by atoms with Gasteiger partial charge in [0.1, 0.15) is 22.4 Å². The number of carbonyl (C=O) groups is 2. The number of benzene rings is 1. The molecule has 8 heteroatoms. The van der Waals surface area contributed by atoms with Gasteiger partial charge < -0.3 is 9.47 Å². The van der Waals surface area contributed by atoms with Crippen LogP contribution in [0.25, 0.3) is 10.2 Å². The van der Waals surface area contributed by atoms with E-state index in [-0.39, 0.29) is 24.8 Å². The second-order valence-electron chi connectivity index (χ2n) is 7.68. The molecule has 0 spiro atoms. The maximum absolute atomic E-state index is 12.9. The van der Waals surface area contributed by atoms with Crippen LogP contribution in [0.1, 0.15) is 46.5 Å². The Kier molecular flexibility index (Phi) is 6.46. The lowest BCUT2D eigenvalue weighted by Gasteiger charge is -2.12. The number of hydrogen-bond acceptors (Lipinski definition) is 7. The highest BCUT2D eigenvalue weighted by Gasteiger charge is 2.23. The summed E-state index contributed by atoms with van der Waals surface area (Å²) in [5.41, 5.74) is 1.25. The number of aryl methyl sites for hydroxylation is 1. The van der Waals surface area contributed by atoms with Crippen molar-refractivity contribution >= 4 is 33.5 Å². The van der Waals surface area contributed by atoms with Gasteiger partial charge in [-0.1, -0.05) is 30.3 Å². The number of ether oxygens (including phenoxy) is 2. The summed E-state index contributed by atoms with van der Waals surface area (Å²) in [5.74, 6) is -0.911. The Morgan fingerprint density at radius 1 is 1.19 bits per heavy atom. The standard InChI is InChI=1S/C23H24N2O5S/c1-15-19-21(31-20(15)23(28)29-12-11-16-7-3-2-4-8-16)24-14-25(22(19)27)13-18(26)30-17-9-5-6-10-17/h2-4,7-8,14,17H,5-6,9-13H2,1H3. The maximum Gasteiger partial charge on any atom is 0.348 e. The molecule has 4 rings (SSSR count). The van der Waals surface area contributed by atoms with Gasteiger partial charge in [-0.3, -0.25) is 14.2 Å². The molecule has 1 aromatic carbocycles. The van der Waals surface area contributed by atoms with Crippen LogP contribution in [0.15, 0.2) is 41.5 Å². The molecule has 162 valence electrons. The van der Waals surface area contributed by atoms with Gasteiger partial charge in [0.05, 0.1) is 18.3 Å². The molecule has 2 aromatic heterocycles. The van der Waals surface area contributed by atoms with Gasteiger partial charge in [-0.05, 0) is 43.7 Å². The van der Waals surface area contributed by atoms with Crippen molar-refractivity contribution in [3.8, 4) is 0 Å². The van der Waals surface area contributed by atoms with Crippen LogP contribution in [-0.2, 0) is 27.2 Å². The molecule has 3 aromatic rings. The summed E-state index contributed by atoms with van der Waals surface area (Å²) in [4.78, 5) is 42.8. The Balaban J connectivity index is 1.46. The fraction of sp³-hybridized carbons (Fsp3) is 0.391. The number of carbonyl (C=O) groups excluding carboxylic acids is 2. The summed E-state index contributed by atoms with van der Waals surface area (Å²) >= 11 is 1.13. The Labute approximate surface area is 183 Å². The topological polar surface area (TPSA) is 87.5 Å². The van der Waals surface area contributed by atoms with Crippen molar-refractivity contribution < 1.29 is 19.1 Å². The van der Waals surface area contributed by atoms with E-state index in [1.807, 2.05) is 30.3 Å². The molecule has 0 atom stereocenters. The van der Waals surface area contributed by atoms with Gasteiger partial charge >= 0.3 is 11.9 Å². The highest BCUT2D eigenvalue weighted by atomic mass is 32.1. The molecule has 2 heterocycles. The third-order valence-corrected chi connectivity index (χ3v) is 6.65. The van der Waals surface area contributed by atoms with Gasteiger partial charge in [-0.15, -0.1) is 11.3 Å². The number of aromatic nitrogens is 2. The SMILES string of the molecule is Cc1c(C(=O)OCCc2ccccc2)sc2ncn(CC(=O)OC3CCCC3)c(=O)c12. The van der Waals surface area contributed by atoms with E-state index < -0.39 is 11.9 Å². The molecule has 1 aliphatic carbocycles. The first kappa shape index (κ1) is 21.2. The minimum atomic E-state index is -0.469. The van der Waals surface area contributed by atoms with Crippen molar-refractivity contribution in [1.29, 1.82) is 0 Å². The number of rotatable bonds is 7. The number of hydrogen-bond donors (Lipinski definition) is 0. The van der Waals surface area contributed by atoms with Crippen molar-refractivity contribution in [2.24, 2.45) is 0 Å². The number of thiophene rings is 1. The summed E-state index contributed by atoms with van der Waals surface area (Å²) in [6.45, 7) is 1.77. The monoisotopic (exact) mass is 440 g/mol. The molecule has 7 nitrogen and oxygen atoms in total. The molecule has 0 bridgehead atoms. The van der Waals surface area contributed by atoms with Crippen molar-refractivity contribution in [3.63, 3.8) is 0 Å². The first-order chi connectivity index (χ1) is 15.0. The normalized spacial score (nSPS) is 14.1. The second kappa shape index (κ2) is 9.43. The van der Waals surface area contributed by atoms with Gasteiger partial charge in [0, 0.05) is 6.42 Å². The lowest BCUT2D eigenvalue weighted by Crippen LogP contribution is -2.27. The highest BCUT2D eigenvalue weighted by Crippen LogP contribution is 2.27. The summed E-state index contributed by atoms with van der Waals surface area (Å²) in [7, 11) is 0. The van der Waals surface area contributed by atoms with Crippen LogP contribution in [-0.4, -0.2) is 34.2 Å². The summed E-state index contributed by atoms with van der Waals surface area (Å²) in [5, 5.41) is 0.344. The predicted octanol–water partition coefficient (Wildman–Crippen LogP) is 3.65. The Morgan fingerprint density at radius 3 is 2.68 bits per heavy atom. The van der Waals surface area contributed by atoms with Crippen LogP contribution >= 0.6 is 11.3 Å². The zero-order valence-corrected chi connectivity index (χ0v) is 18.2. The highest BCUT2D eigenvalue weighted by molar-refractivity contribution is 7.20. The fourth-order valence-electron chi connectivity index (χ4n) is 3.81. The van der Waals surface area contributed by atoms with E-state index in [0.29, 0.717) is 27.1 Å². The molecule has 0 radical (unpaired) electrons. The second-order valence-corrected chi connectivity index (χ2v) is 8.68. The fourth-order valence-corrected chi connectivity index (χ4v) is 4.84. The van der Waals surface area contributed by atoms with Crippen LogP contribution in [0, 0.1) is 6.92 Å². The molecular formula is C23H24N2O5S. The number of fused-ring (bicyclic) bond motifs is 1. The molecule has 0 N–H and O–H groups in total. The van der Waals surface area contributed by atoms with E-state index in [1.165, 1.54) is 10.9 Å². The molecule has 0 unspecified atom stereocenters. The molecule has 0 amide bonds. The lowest BCUT2D eigenvalue weighted by molar-refractivity contribution is -0.149. The van der Waals surface area contributed by atoms with Crippen LogP contribution in [0.5, 0.6) is 0 Å². The van der Waals surface area contributed by atoms with Crippen molar-refractivity contribution in [1.82, 2.24) is 9.55 Å². The molecular weight excluding hydrogens is 416 g/mol. The molecule has 0 aliphatic heterocycles. The van der Waals surface area contributed by atoms with E-state index in [2.05, 4.69) is 4.98 Å². The van der Waals surface area contributed by atoms with Gasteiger partial charge in [0.25, 0.3) is 5.56 Å². The lowest BCUT2D eigenvalue weighted by atomic mass is 10.2. The number of esters is 2. The van der Waals surface area contributed by atoms with E-state index in [0.717, 1.165) is 42.6 Å². The van der Waals surface area contributed by atoms with E-state index in [9.17, 15) is 14.4 Å². The zero-order chi connectivity index (χ0) is 21.8. The molecule has 1 saturated carbocycles. The Hall–Kier alpha value is -3.00. The van der Waals surface area contributed by atoms with Crippen molar-refractivity contribution in [2.45, 2.75) is 51.7 Å². The number of nitrogens with zero attached hydrogens (tertiary/aromatic N) is 2. The maximum atomic E-state index is 12.9. The average molecular weight is 441 g/mol. The Morgan fingerprint density at radius 2 is 1.94 bits per heavy atom. The minimum absolute atomic E-state index is 0.0555. The molecule has 1 fully saturated rings. The smallest absolute Gasteiger partial charge is 0.348 e. The first-order valence-electron chi connectivity index (χ1n) is 10.4. The summed E-state index contributed by atoms with van der Waals surface area (Å²) < 4.78 is 12.1. The van der Waals surface area contributed by atoms with Crippen LogP contribution in [0.4, 0.5) is 0 Å². The minimum Gasteiger partial charge on any atom is -0.461 e. The van der Waals surface area contributed by atoms with Gasteiger partial charge in [-0.25, -0.2) is 9.78 Å². The molecule has 1 aliphatic rings. The van der Waals surface area contributed by atoms with Crippen LogP contribution in [0.3, 0.4) is 0 Å². The zero-order valence-electron chi connectivity index (χ0n) is 17.3. The van der Waals surface area contributed by atoms with Gasteiger partial charge in [0.15, 0.2) is 0 Å². The van der Waals surface area contributed by atoms with Gasteiger partial charge in [0.2, 0.25) is 0 Å². The van der Waals surface area contributed by atoms with E-state index >= 15 is 0 Å². The average Bonchev–Trinajstić information content (AvgIpc) is 3.39. The van der Waals surface area contributed by atoms with Gasteiger partial charge in [-0.2, -0.15) is 0 Å². The quantitative estimate of drug-likeness (QED) is 0.521. The van der Waals surface area contributed by atoms with Crippen molar-refractivity contribution in [2.75, 3.05) is 6.61 Å². The summed E-state index contributed by atoms with van der Waals surface area (Å²) in [6, 6.07) is 9.76. The Bertz CT molecular complexity index is 1150. The molecule has 0 saturated heterocycles. The van der Waals surface area contributed by atoms with E-state index in [1.54, 1.807) is 6.92 Å². The van der Waals surface area contributed by atoms with Crippen LogP contribution < -0.4 is 5.56 Å². The third-order valence-electron chi connectivity index (χ3n) is 5.47. The van der Waals surface area contributed by atoms with Crippen molar-refractivity contribution in [3.05, 3.63) is 63.0 Å². The van der Waals surface area contributed by atoms with Crippen LogP contribution in [0.2, 0.25) is 0 Å². The first-order valence-corrected chi connectivity index (χ1v) is 11.2. The largest absolute Gasteiger partial charge is 0.461 e. The predicted molar refractivity (Wildman–Crippen MR) is 117 cm³/mol. The van der Waals surface area contributed by atoms with E-state index in [4.69, 9.17) is 9.47 Å². The summed E-state index contributed by atoms with van der Waals surface area (Å²) in [6.07, 6.45) is 5.76. The third kappa shape index (κ3) is 4.85. The molecule has 31 heavy (non-hydrogen) atoms.